The van der Waals surface area contributed by atoms with Gasteiger partial charge in [-0.25, -0.2) is 9.78 Å². The molecule has 0 fully saturated rings. The van der Waals surface area contributed by atoms with Gasteiger partial charge in [-0.1, -0.05) is 44.2 Å². The Hall–Kier alpha value is -3.77. The smallest absolute Gasteiger partial charge is 0.326 e. The van der Waals surface area contributed by atoms with E-state index in [-0.39, 0.29) is 25.2 Å². The van der Waals surface area contributed by atoms with Crippen LogP contribution in [0.2, 0.25) is 0 Å². The molecule has 12 nitrogen and oxygen atoms in total. The predicted molar refractivity (Wildman–Crippen MR) is 130 cm³/mol. The SMILES string of the molecule is CC(C)CC(NC(=O)C(CO)NC(=O)C(N)Cc1cnc[nH]1)C(=O)NC(Cc1ccccc1)C(=O)O. The van der Waals surface area contributed by atoms with Gasteiger partial charge in [0.25, 0.3) is 0 Å². The van der Waals surface area contributed by atoms with Crippen LogP contribution in [0.5, 0.6) is 0 Å². The van der Waals surface area contributed by atoms with Crippen LogP contribution in [0.15, 0.2) is 42.9 Å². The average Bonchev–Trinajstić information content (AvgIpc) is 3.34. The van der Waals surface area contributed by atoms with E-state index < -0.39 is 54.5 Å². The molecule has 36 heavy (non-hydrogen) atoms. The maximum Gasteiger partial charge on any atom is 0.326 e. The Balaban J connectivity index is 2.03. The normalized spacial score (nSPS) is 14.4. The van der Waals surface area contributed by atoms with Crippen molar-refractivity contribution < 1.29 is 29.4 Å². The van der Waals surface area contributed by atoms with E-state index in [0.29, 0.717) is 5.69 Å². The zero-order valence-electron chi connectivity index (χ0n) is 20.3. The predicted octanol–water partition coefficient (Wildman–Crippen LogP) is -0.900. The minimum absolute atomic E-state index is 0.0246. The number of H-pyrrole nitrogens is 1. The van der Waals surface area contributed by atoms with Crippen molar-refractivity contribution in [3.63, 3.8) is 0 Å². The minimum atomic E-state index is -1.35. The summed E-state index contributed by atoms with van der Waals surface area (Å²) in [5.74, 6) is -3.39. The number of nitrogens with two attached hydrogens (primary N) is 1. The van der Waals surface area contributed by atoms with Crippen LogP contribution in [0.3, 0.4) is 0 Å². The molecule has 1 heterocycles. The number of carboxylic acids is 1. The van der Waals surface area contributed by atoms with Gasteiger partial charge >= 0.3 is 5.97 Å². The molecule has 0 aliphatic carbocycles. The third kappa shape index (κ3) is 9.12. The number of amides is 3. The number of benzene rings is 1. The number of carbonyl (C=O) groups excluding carboxylic acids is 3. The molecule has 2 aromatic rings. The number of aliphatic carboxylic acids is 1. The fourth-order valence-electron chi connectivity index (χ4n) is 3.50. The fraction of sp³-hybridized carbons (Fsp3) is 0.458. The van der Waals surface area contributed by atoms with E-state index >= 15 is 0 Å². The second-order valence-electron chi connectivity index (χ2n) is 8.91. The highest BCUT2D eigenvalue weighted by Gasteiger charge is 2.30. The standard InChI is InChI=1S/C24H34N6O6/c1-14(2)8-18(22(33)29-19(24(35)36)9-15-6-4-3-5-7-15)28-23(34)20(12-31)30-21(32)17(25)10-16-11-26-13-27-16/h3-7,11,13-14,17-20,31H,8-10,12,25H2,1-2H3,(H,26,27)(H,28,34)(H,29,33)(H,30,32)(H,35,36). The number of imidazole rings is 1. The summed E-state index contributed by atoms with van der Waals surface area (Å²) in [6, 6.07) is 4.18. The van der Waals surface area contributed by atoms with E-state index in [4.69, 9.17) is 5.73 Å². The van der Waals surface area contributed by atoms with Crippen LogP contribution in [0, 0.1) is 5.92 Å². The Morgan fingerprint density at radius 3 is 2.11 bits per heavy atom. The van der Waals surface area contributed by atoms with E-state index in [1.807, 2.05) is 13.8 Å². The van der Waals surface area contributed by atoms with E-state index in [1.165, 1.54) is 12.5 Å². The number of aromatic amines is 1. The summed E-state index contributed by atoms with van der Waals surface area (Å²) in [6.07, 6.45) is 3.37. The zero-order chi connectivity index (χ0) is 26.7. The Bertz CT molecular complexity index is 998. The van der Waals surface area contributed by atoms with Gasteiger partial charge in [-0.3, -0.25) is 14.4 Å². The molecule has 4 atom stereocenters. The van der Waals surface area contributed by atoms with Gasteiger partial charge in [0.05, 0.1) is 19.0 Å². The van der Waals surface area contributed by atoms with Crippen molar-refractivity contribution in [3.05, 3.63) is 54.1 Å². The molecule has 4 unspecified atom stereocenters. The van der Waals surface area contributed by atoms with Gasteiger partial charge in [0, 0.05) is 24.7 Å². The number of hydrogen-bond donors (Lipinski definition) is 7. The van der Waals surface area contributed by atoms with Crippen molar-refractivity contribution >= 4 is 23.7 Å². The molecule has 0 radical (unpaired) electrons. The molecule has 1 aromatic heterocycles. The van der Waals surface area contributed by atoms with Crippen molar-refractivity contribution in [2.24, 2.45) is 11.7 Å². The van der Waals surface area contributed by atoms with Gasteiger partial charge in [-0.15, -0.1) is 0 Å². The van der Waals surface area contributed by atoms with E-state index in [9.17, 15) is 29.4 Å². The maximum atomic E-state index is 13.0. The number of rotatable bonds is 14. The summed E-state index contributed by atoms with van der Waals surface area (Å²) in [7, 11) is 0. The van der Waals surface area contributed by atoms with E-state index in [0.717, 1.165) is 5.56 Å². The highest BCUT2D eigenvalue weighted by atomic mass is 16.4. The molecule has 12 heteroatoms. The van der Waals surface area contributed by atoms with Crippen molar-refractivity contribution in [1.29, 1.82) is 0 Å². The van der Waals surface area contributed by atoms with Crippen molar-refractivity contribution in [2.45, 2.75) is 57.3 Å². The minimum Gasteiger partial charge on any atom is -0.480 e. The summed E-state index contributed by atoms with van der Waals surface area (Å²) in [5.41, 5.74) is 7.23. The summed E-state index contributed by atoms with van der Waals surface area (Å²) in [5, 5.41) is 26.7. The Kier molecular flexibility index (Phi) is 11.0. The van der Waals surface area contributed by atoms with Crippen LogP contribution in [-0.2, 0) is 32.0 Å². The van der Waals surface area contributed by atoms with Crippen LogP contribution < -0.4 is 21.7 Å². The molecule has 2 rings (SSSR count). The lowest BCUT2D eigenvalue weighted by atomic mass is 10.0. The first-order valence-electron chi connectivity index (χ1n) is 11.6. The van der Waals surface area contributed by atoms with Crippen LogP contribution in [0.1, 0.15) is 31.5 Å². The van der Waals surface area contributed by atoms with Crippen molar-refractivity contribution in [2.75, 3.05) is 6.61 Å². The highest BCUT2D eigenvalue weighted by molar-refractivity contribution is 5.94. The number of nitrogens with one attached hydrogen (secondary N) is 4. The van der Waals surface area contributed by atoms with Gasteiger partial charge in [0.15, 0.2) is 0 Å². The first kappa shape index (κ1) is 28.5. The molecule has 0 aliphatic heterocycles. The summed E-state index contributed by atoms with van der Waals surface area (Å²) in [6.45, 7) is 2.95. The maximum absolute atomic E-state index is 13.0. The summed E-state index contributed by atoms with van der Waals surface area (Å²) >= 11 is 0. The molecule has 0 aliphatic rings. The molecule has 0 saturated heterocycles. The number of carboxylic acid groups (broad SMARTS) is 1. The average molecular weight is 503 g/mol. The topological polar surface area (TPSA) is 200 Å². The molecule has 0 spiro atoms. The molecule has 0 bridgehead atoms. The molecule has 196 valence electrons. The van der Waals surface area contributed by atoms with Crippen molar-refractivity contribution in [1.82, 2.24) is 25.9 Å². The lowest BCUT2D eigenvalue weighted by Gasteiger charge is -2.25. The number of aliphatic hydroxyl groups excluding tert-OH is 1. The van der Waals surface area contributed by atoms with Crippen molar-refractivity contribution in [3.8, 4) is 0 Å². The van der Waals surface area contributed by atoms with Crippen LogP contribution >= 0.6 is 0 Å². The monoisotopic (exact) mass is 502 g/mol. The first-order valence-corrected chi connectivity index (χ1v) is 11.6. The first-order chi connectivity index (χ1) is 17.1. The van der Waals surface area contributed by atoms with Crippen LogP contribution in [0.25, 0.3) is 0 Å². The van der Waals surface area contributed by atoms with Crippen LogP contribution in [-0.4, -0.2) is 74.6 Å². The van der Waals surface area contributed by atoms with Gasteiger partial charge in [-0.05, 0) is 17.9 Å². The van der Waals surface area contributed by atoms with Gasteiger partial charge in [0.2, 0.25) is 17.7 Å². The summed E-state index contributed by atoms with van der Waals surface area (Å²) in [4.78, 5) is 56.6. The Morgan fingerprint density at radius 2 is 1.56 bits per heavy atom. The zero-order valence-corrected chi connectivity index (χ0v) is 20.3. The number of hydrogen-bond acceptors (Lipinski definition) is 7. The molecule has 8 N–H and O–H groups in total. The van der Waals surface area contributed by atoms with Gasteiger partial charge in [-0.2, -0.15) is 0 Å². The largest absolute Gasteiger partial charge is 0.480 e. The third-order valence-electron chi connectivity index (χ3n) is 5.38. The number of aromatic nitrogens is 2. The molecule has 3 amide bonds. The Morgan fingerprint density at radius 1 is 0.944 bits per heavy atom. The fourth-order valence-corrected chi connectivity index (χ4v) is 3.50. The van der Waals surface area contributed by atoms with E-state index in [2.05, 4.69) is 25.9 Å². The van der Waals surface area contributed by atoms with Gasteiger partial charge < -0.3 is 36.9 Å². The molecule has 1 aromatic carbocycles. The third-order valence-corrected chi connectivity index (χ3v) is 5.38. The summed E-state index contributed by atoms with van der Waals surface area (Å²) < 4.78 is 0. The molecular formula is C24H34N6O6. The lowest BCUT2D eigenvalue weighted by Crippen LogP contribution is -2.58. The van der Waals surface area contributed by atoms with Crippen LogP contribution in [0.4, 0.5) is 0 Å². The van der Waals surface area contributed by atoms with E-state index in [1.54, 1.807) is 30.3 Å². The molecule has 0 saturated carbocycles. The second-order valence-corrected chi connectivity index (χ2v) is 8.91. The van der Waals surface area contributed by atoms with Gasteiger partial charge in [0.1, 0.15) is 18.1 Å². The Labute approximate surface area is 209 Å². The molecular weight excluding hydrogens is 468 g/mol. The number of carbonyl (C=O) groups is 4. The highest BCUT2D eigenvalue weighted by Crippen LogP contribution is 2.08. The number of nitrogens with zero attached hydrogens (tertiary/aromatic N) is 1. The second kappa shape index (κ2) is 14.0. The number of aliphatic hydroxyl groups is 1. The lowest BCUT2D eigenvalue weighted by molar-refractivity contribution is -0.142. The quantitative estimate of drug-likeness (QED) is 0.172.